The van der Waals surface area contributed by atoms with Crippen LogP contribution in [0.5, 0.6) is 0 Å². The molecule has 0 amide bonds. The van der Waals surface area contributed by atoms with Gasteiger partial charge in [-0.2, -0.15) is 0 Å². The Morgan fingerprint density at radius 1 is 0.647 bits per heavy atom. The summed E-state index contributed by atoms with van der Waals surface area (Å²) >= 11 is 0. The van der Waals surface area contributed by atoms with Gasteiger partial charge in [0, 0.05) is 0 Å². The van der Waals surface area contributed by atoms with Crippen molar-refractivity contribution in [1.82, 2.24) is 0 Å². The zero-order valence-corrected chi connectivity index (χ0v) is 11.1. The molecule has 0 aromatic heterocycles. The Morgan fingerprint density at radius 2 is 0.941 bits per heavy atom. The molecule has 10 radical (unpaired) electrons. The summed E-state index contributed by atoms with van der Waals surface area (Å²) in [6.45, 7) is 1.51. The third-order valence-corrected chi connectivity index (χ3v) is 2.33. The molecular weight excluding hydrogens is 252 g/mol. The maximum absolute atomic E-state index is 5.32. The molecule has 0 saturated heterocycles. The van der Waals surface area contributed by atoms with Crippen LogP contribution in [0.15, 0.2) is 0 Å². The van der Waals surface area contributed by atoms with Crippen molar-refractivity contribution < 1.29 is 17.1 Å². The molecule has 0 bridgehead atoms. The molecule has 17 heavy (non-hydrogen) atoms. The first-order valence-corrected chi connectivity index (χ1v) is 5.68. The van der Waals surface area contributed by atoms with Crippen LogP contribution in [0.4, 0.5) is 0 Å². The molecule has 4 N–H and O–H groups in total. The third-order valence-electron chi connectivity index (χ3n) is 2.33. The van der Waals surface area contributed by atoms with E-state index in [9.17, 15) is 0 Å². The smallest absolute Gasteiger partial charge is 0.330 e. The van der Waals surface area contributed by atoms with Crippen molar-refractivity contribution in [2.75, 3.05) is 13.1 Å². The molecule has 0 aliphatic heterocycles. The Kier molecular flexibility index (Phi) is 11.8. The Hall–Kier alpha value is 0.439. The van der Waals surface area contributed by atoms with E-state index in [0.29, 0.717) is 0 Å². The Balaban J connectivity index is 0.000000284. The minimum Gasteiger partial charge on any atom is -0.330 e. The first-order chi connectivity index (χ1) is 7.86. The summed E-state index contributed by atoms with van der Waals surface area (Å²) in [6.07, 6.45) is 18.5. The Morgan fingerprint density at radius 3 is 1.18 bits per heavy atom. The van der Waals surface area contributed by atoms with Crippen molar-refractivity contribution in [3.8, 4) is 0 Å². The van der Waals surface area contributed by atoms with Gasteiger partial charge in [0.15, 0.2) is 0 Å². The van der Waals surface area contributed by atoms with Crippen LogP contribution in [0.3, 0.4) is 0 Å². The van der Waals surface area contributed by atoms with Gasteiger partial charge in [-0.1, -0.05) is 0 Å². The summed E-state index contributed by atoms with van der Waals surface area (Å²) in [5.41, 5.74) is 10.6. The van der Waals surface area contributed by atoms with Gasteiger partial charge in [0.2, 0.25) is 0 Å². The topological polar surface area (TPSA) is 52.0 Å². The number of nitrogens with two attached hydrogens (primary N) is 2. The quantitative estimate of drug-likeness (QED) is 0.762. The maximum atomic E-state index is 5.32. The van der Waals surface area contributed by atoms with E-state index in [1.807, 2.05) is 25.7 Å². The fourth-order valence-corrected chi connectivity index (χ4v) is 1.49. The molecule has 2 saturated carbocycles. The van der Waals surface area contributed by atoms with Gasteiger partial charge in [0.05, 0.1) is 0 Å². The van der Waals surface area contributed by atoms with Crippen LogP contribution in [0, 0.1) is 63.2 Å². The summed E-state index contributed by atoms with van der Waals surface area (Å²) in [7, 11) is 0. The molecule has 2 aliphatic carbocycles. The fourth-order valence-electron chi connectivity index (χ4n) is 1.49. The second kappa shape index (κ2) is 11.5. The van der Waals surface area contributed by atoms with E-state index in [0.717, 1.165) is 25.9 Å². The van der Waals surface area contributed by atoms with Crippen molar-refractivity contribution in [2.45, 2.75) is 12.8 Å². The van der Waals surface area contributed by atoms with Crippen molar-refractivity contribution in [3.63, 3.8) is 0 Å². The van der Waals surface area contributed by atoms with Crippen molar-refractivity contribution in [2.24, 2.45) is 11.5 Å². The average molecular weight is 272 g/mol. The van der Waals surface area contributed by atoms with Crippen molar-refractivity contribution in [3.05, 3.63) is 63.2 Å². The van der Waals surface area contributed by atoms with E-state index < -0.39 is 0 Å². The van der Waals surface area contributed by atoms with Crippen LogP contribution in [0.25, 0.3) is 0 Å². The van der Waals surface area contributed by atoms with Gasteiger partial charge in [-0.05, 0) is 89.1 Å². The van der Waals surface area contributed by atoms with Gasteiger partial charge < -0.3 is 11.5 Å². The molecule has 2 rings (SSSR count). The van der Waals surface area contributed by atoms with E-state index >= 15 is 0 Å². The maximum Gasteiger partial charge on any atom is 2.00 e. The summed E-state index contributed by atoms with van der Waals surface area (Å²) in [4.78, 5) is 0. The van der Waals surface area contributed by atoms with E-state index in [-0.39, 0.29) is 17.1 Å². The molecule has 2 fully saturated rings. The largest absolute Gasteiger partial charge is 2.00 e. The van der Waals surface area contributed by atoms with Crippen molar-refractivity contribution >= 4 is 0 Å². The van der Waals surface area contributed by atoms with Crippen LogP contribution in [-0.2, 0) is 17.1 Å². The van der Waals surface area contributed by atoms with E-state index in [1.54, 1.807) is 0 Å². The first kappa shape index (κ1) is 17.4. The molecular formula is C14H20FeN2+2. The molecule has 0 aromatic carbocycles. The predicted octanol–water partition coefficient (Wildman–Crippen LogP) is 1.48. The normalized spacial score (nSPS) is 20.8. The van der Waals surface area contributed by atoms with Gasteiger partial charge in [-0.25, -0.2) is 0 Å². The van der Waals surface area contributed by atoms with Crippen LogP contribution >= 0.6 is 0 Å². The van der Waals surface area contributed by atoms with E-state index in [2.05, 4.69) is 25.7 Å². The van der Waals surface area contributed by atoms with Gasteiger partial charge in [0.25, 0.3) is 0 Å². The minimum atomic E-state index is 0. The molecule has 2 nitrogen and oxygen atoms in total. The Bertz CT molecular complexity index is 134. The second-order valence-corrected chi connectivity index (χ2v) is 3.66. The second-order valence-electron chi connectivity index (χ2n) is 3.66. The molecule has 0 unspecified atom stereocenters. The molecule has 92 valence electrons. The first-order valence-electron chi connectivity index (χ1n) is 5.68. The summed E-state index contributed by atoms with van der Waals surface area (Å²) in [5.74, 6) is 2.68. The average Bonchev–Trinajstić information content (AvgIpc) is 2.92. The fraction of sp³-hybridized carbons (Fsp3) is 0.286. The third kappa shape index (κ3) is 8.20. The SMILES string of the molecule is NCC[C]1[CH][CH][CH][CH]1.NCC[C]1[CH][CH][CH][CH]1.[Fe+2]. The van der Waals surface area contributed by atoms with E-state index in [4.69, 9.17) is 11.5 Å². The molecule has 0 atom stereocenters. The van der Waals surface area contributed by atoms with Crippen LogP contribution in [0.1, 0.15) is 12.8 Å². The number of hydrogen-bond donors (Lipinski definition) is 2. The standard InChI is InChI=1S/2C7H10N.Fe/c2*8-6-5-7-3-1-2-4-7;/h2*1-4H,5-6,8H2;/q;;+2. The van der Waals surface area contributed by atoms with Gasteiger partial charge in [-0.15, -0.1) is 0 Å². The number of rotatable bonds is 4. The van der Waals surface area contributed by atoms with Crippen LogP contribution in [-0.4, -0.2) is 13.1 Å². The van der Waals surface area contributed by atoms with Gasteiger partial charge >= 0.3 is 17.1 Å². The van der Waals surface area contributed by atoms with E-state index in [1.165, 1.54) is 11.8 Å². The molecule has 3 heteroatoms. The van der Waals surface area contributed by atoms with Crippen LogP contribution < -0.4 is 11.5 Å². The summed E-state index contributed by atoms with van der Waals surface area (Å²) in [6, 6.07) is 0. The van der Waals surface area contributed by atoms with Gasteiger partial charge in [0.1, 0.15) is 0 Å². The summed E-state index contributed by atoms with van der Waals surface area (Å²) < 4.78 is 0. The Labute approximate surface area is 118 Å². The zero-order valence-electron chi connectivity index (χ0n) is 9.96. The summed E-state index contributed by atoms with van der Waals surface area (Å²) in [5, 5.41) is 0. The molecule has 2 aliphatic rings. The minimum absolute atomic E-state index is 0. The zero-order chi connectivity index (χ0) is 11.6. The van der Waals surface area contributed by atoms with Gasteiger partial charge in [-0.3, -0.25) is 0 Å². The molecule has 0 heterocycles. The predicted molar refractivity (Wildman–Crippen MR) is 68.2 cm³/mol. The van der Waals surface area contributed by atoms with Crippen LogP contribution in [0.2, 0.25) is 0 Å². The molecule has 0 aromatic rings. The monoisotopic (exact) mass is 272 g/mol. The molecule has 0 spiro atoms. The number of hydrogen-bond acceptors (Lipinski definition) is 2. The van der Waals surface area contributed by atoms with Crippen molar-refractivity contribution in [1.29, 1.82) is 0 Å².